The van der Waals surface area contributed by atoms with E-state index in [9.17, 15) is 4.79 Å². The number of hydrogen-bond acceptors (Lipinski definition) is 2. The first-order chi connectivity index (χ1) is 10.7. The Bertz CT molecular complexity index is 836. The number of nitrogens with zero attached hydrogens (tertiary/aromatic N) is 1. The number of carbonyl (C=O) groups excluding carboxylic acids is 1. The third kappa shape index (κ3) is 3.32. The number of fused-ring (bicyclic) bond motifs is 1. The lowest BCUT2D eigenvalue weighted by molar-refractivity contribution is -0.111. The van der Waals surface area contributed by atoms with E-state index in [4.69, 9.17) is 11.6 Å². The molecule has 4 heteroatoms. The highest BCUT2D eigenvalue weighted by Gasteiger charge is 2.01. The molecule has 0 aliphatic carbocycles. The van der Waals surface area contributed by atoms with Crippen molar-refractivity contribution in [2.75, 3.05) is 5.32 Å². The number of carbonyl (C=O) groups is 1. The standard InChI is InChI=1S/C18H13ClN2O/c19-15-7-9-16(10-8-15)21-17(22)11-6-14-4-1-3-13-5-2-12-20-18(13)14/h1-12H,(H,21,22). The van der Waals surface area contributed by atoms with Gasteiger partial charge in [-0.05, 0) is 36.4 Å². The number of aromatic nitrogens is 1. The summed E-state index contributed by atoms with van der Waals surface area (Å²) in [6.07, 6.45) is 5.01. The fourth-order valence-electron chi connectivity index (χ4n) is 2.14. The van der Waals surface area contributed by atoms with E-state index >= 15 is 0 Å². The van der Waals surface area contributed by atoms with Crippen LogP contribution in [0.4, 0.5) is 5.69 Å². The maximum absolute atomic E-state index is 12.0. The predicted octanol–water partition coefficient (Wildman–Crippen LogP) is 4.54. The van der Waals surface area contributed by atoms with Crippen LogP contribution in [0.3, 0.4) is 0 Å². The van der Waals surface area contributed by atoms with Gasteiger partial charge < -0.3 is 5.32 Å². The summed E-state index contributed by atoms with van der Waals surface area (Å²) in [5, 5.41) is 4.46. The molecule has 0 aliphatic heterocycles. The first kappa shape index (κ1) is 14.3. The molecule has 22 heavy (non-hydrogen) atoms. The predicted molar refractivity (Wildman–Crippen MR) is 90.9 cm³/mol. The van der Waals surface area contributed by atoms with Crippen LogP contribution in [0.15, 0.2) is 66.9 Å². The number of amides is 1. The van der Waals surface area contributed by atoms with Crippen LogP contribution in [0.25, 0.3) is 17.0 Å². The molecule has 0 spiro atoms. The Hall–Kier alpha value is -2.65. The van der Waals surface area contributed by atoms with Crippen LogP contribution in [0.2, 0.25) is 5.02 Å². The highest BCUT2D eigenvalue weighted by atomic mass is 35.5. The fourth-order valence-corrected chi connectivity index (χ4v) is 2.27. The maximum Gasteiger partial charge on any atom is 0.248 e. The van der Waals surface area contributed by atoms with Gasteiger partial charge in [0.1, 0.15) is 0 Å². The van der Waals surface area contributed by atoms with Gasteiger partial charge in [-0.1, -0.05) is 35.9 Å². The van der Waals surface area contributed by atoms with Crippen molar-refractivity contribution in [3.8, 4) is 0 Å². The Morgan fingerprint density at radius 3 is 2.64 bits per heavy atom. The molecule has 0 atom stereocenters. The molecule has 1 aromatic heterocycles. The minimum Gasteiger partial charge on any atom is -0.323 e. The number of halogens is 1. The summed E-state index contributed by atoms with van der Waals surface area (Å²) >= 11 is 5.81. The molecule has 1 amide bonds. The zero-order valence-corrected chi connectivity index (χ0v) is 12.4. The van der Waals surface area contributed by atoms with E-state index in [0.29, 0.717) is 10.7 Å². The van der Waals surface area contributed by atoms with Crippen molar-refractivity contribution in [1.29, 1.82) is 0 Å². The summed E-state index contributed by atoms with van der Waals surface area (Å²) in [5.74, 6) is -0.199. The first-order valence-electron chi connectivity index (χ1n) is 6.81. The molecule has 3 rings (SSSR count). The van der Waals surface area contributed by atoms with Gasteiger partial charge in [0.2, 0.25) is 5.91 Å². The highest BCUT2D eigenvalue weighted by Crippen LogP contribution is 2.17. The van der Waals surface area contributed by atoms with Crippen molar-refractivity contribution < 1.29 is 4.79 Å². The smallest absolute Gasteiger partial charge is 0.248 e. The van der Waals surface area contributed by atoms with Crippen LogP contribution in [-0.2, 0) is 4.79 Å². The van der Waals surface area contributed by atoms with Crippen LogP contribution >= 0.6 is 11.6 Å². The van der Waals surface area contributed by atoms with E-state index in [0.717, 1.165) is 16.5 Å². The summed E-state index contributed by atoms with van der Waals surface area (Å²) < 4.78 is 0. The number of hydrogen-bond donors (Lipinski definition) is 1. The van der Waals surface area contributed by atoms with E-state index in [1.54, 1.807) is 36.5 Å². The Kier molecular flexibility index (Phi) is 4.17. The second kappa shape index (κ2) is 6.41. The summed E-state index contributed by atoms with van der Waals surface area (Å²) in [5.41, 5.74) is 2.49. The Morgan fingerprint density at radius 1 is 1.05 bits per heavy atom. The van der Waals surface area contributed by atoms with E-state index in [1.807, 2.05) is 30.3 Å². The van der Waals surface area contributed by atoms with Crippen LogP contribution in [0.5, 0.6) is 0 Å². The molecule has 0 aliphatic rings. The van der Waals surface area contributed by atoms with Gasteiger partial charge >= 0.3 is 0 Å². The maximum atomic E-state index is 12.0. The largest absolute Gasteiger partial charge is 0.323 e. The lowest BCUT2D eigenvalue weighted by Crippen LogP contribution is -2.07. The molecule has 1 heterocycles. The monoisotopic (exact) mass is 308 g/mol. The van der Waals surface area contributed by atoms with E-state index < -0.39 is 0 Å². The molecule has 0 radical (unpaired) electrons. The average Bonchev–Trinajstić information content (AvgIpc) is 2.55. The molecule has 0 saturated carbocycles. The van der Waals surface area contributed by atoms with Gasteiger partial charge in [0, 0.05) is 33.9 Å². The van der Waals surface area contributed by atoms with Crippen molar-refractivity contribution in [1.82, 2.24) is 4.98 Å². The zero-order valence-electron chi connectivity index (χ0n) is 11.7. The number of rotatable bonds is 3. The van der Waals surface area contributed by atoms with Gasteiger partial charge in [-0.25, -0.2) is 0 Å². The van der Waals surface area contributed by atoms with E-state index in [-0.39, 0.29) is 5.91 Å². The van der Waals surface area contributed by atoms with Gasteiger partial charge in [-0.15, -0.1) is 0 Å². The Labute approximate surface area is 133 Å². The molecule has 0 fully saturated rings. The number of nitrogens with one attached hydrogen (secondary N) is 1. The summed E-state index contributed by atoms with van der Waals surface area (Å²) in [4.78, 5) is 16.3. The average molecular weight is 309 g/mol. The highest BCUT2D eigenvalue weighted by molar-refractivity contribution is 6.30. The van der Waals surface area contributed by atoms with Crippen molar-refractivity contribution in [3.63, 3.8) is 0 Å². The van der Waals surface area contributed by atoms with Crippen LogP contribution in [-0.4, -0.2) is 10.9 Å². The summed E-state index contributed by atoms with van der Waals surface area (Å²) in [6.45, 7) is 0. The van der Waals surface area contributed by atoms with Crippen LogP contribution in [0, 0.1) is 0 Å². The van der Waals surface area contributed by atoms with Crippen molar-refractivity contribution in [2.45, 2.75) is 0 Å². The summed E-state index contributed by atoms with van der Waals surface area (Å²) in [6, 6.07) is 16.7. The zero-order chi connectivity index (χ0) is 15.4. The number of para-hydroxylation sites is 1. The number of benzene rings is 2. The van der Waals surface area contributed by atoms with Gasteiger partial charge in [0.05, 0.1) is 5.52 Å². The normalized spacial score (nSPS) is 11.0. The topological polar surface area (TPSA) is 42.0 Å². The molecule has 0 bridgehead atoms. The molecule has 3 nitrogen and oxygen atoms in total. The number of anilines is 1. The third-order valence-corrected chi connectivity index (χ3v) is 3.44. The SMILES string of the molecule is O=C(C=Cc1cccc2cccnc12)Nc1ccc(Cl)cc1. The minimum atomic E-state index is -0.199. The molecule has 108 valence electrons. The van der Waals surface area contributed by atoms with Gasteiger partial charge in [-0.2, -0.15) is 0 Å². The molecule has 0 saturated heterocycles. The second-order valence-electron chi connectivity index (χ2n) is 4.75. The Morgan fingerprint density at radius 2 is 1.82 bits per heavy atom. The van der Waals surface area contributed by atoms with Crippen LogP contribution < -0.4 is 5.32 Å². The molecule has 3 aromatic rings. The quantitative estimate of drug-likeness (QED) is 0.722. The molecule has 1 N–H and O–H groups in total. The van der Waals surface area contributed by atoms with Crippen molar-refractivity contribution in [2.24, 2.45) is 0 Å². The first-order valence-corrected chi connectivity index (χ1v) is 7.18. The molecular formula is C18H13ClN2O. The summed E-state index contributed by atoms with van der Waals surface area (Å²) in [7, 11) is 0. The van der Waals surface area contributed by atoms with Crippen molar-refractivity contribution in [3.05, 3.63) is 77.5 Å². The number of pyridine rings is 1. The van der Waals surface area contributed by atoms with E-state index in [1.165, 1.54) is 6.08 Å². The van der Waals surface area contributed by atoms with Gasteiger partial charge in [0.15, 0.2) is 0 Å². The lowest BCUT2D eigenvalue weighted by Gasteiger charge is -2.02. The molecule has 2 aromatic carbocycles. The second-order valence-corrected chi connectivity index (χ2v) is 5.19. The fraction of sp³-hybridized carbons (Fsp3) is 0. The Balaban J connectivity index is 1.78. The molecule has 0 unspecified atom stereocenters. The van der Waals surface area contributed by atoms with Gasteiger partial charge in [-0.3, -0.25) is 9.78 Å². The lowest BCUT2D eigenvalue weighted by atomic mass is 10.1. The van der Waals surface area contributed by atoms with Crippen LogP contribution in [0.1, 0.15) is 5.56 Å². The minimum absolute atomic E-state index is 0.199. The van der Waals surface area contributed by atoms with Gasteiger partial charge in [0.25, 0.3) is 0 Å². The van der Waals surface area contributed by atoms with Crippen molar-refractivity contribution >= 4 is 40.2 Å². The van der Waals surface area contributed by atoms with E-state index in [2.05, 4.69) is 10.3 Å². The molecular weight excluding hydrogens is 296 g/mol. The third-order valence-electron chi connectivity index (χ3n) is 3.19.